The van der Waals surface area contributed by atoms with E-state index in [4.69, 9.17) is 16.3 Å². The number of pyridine rings is 1. The monoisotopic (exact) mass is 393 g/mol. The van der Waals surface area contributed by atoms with Crippen LogP contribution in [0, 0.1) is 5.92 Å². The van der Waals surface area contributed by atoms with Gasteiger partial charge in [-0.15, -0.1) is 0 Å². The van der Waals surface area contributed by atoms with Gasteiger partial charge in [0.05, 0.1) is 11.7 Å². The van der Waals surface area contributed by atoms with Crippen molar-refractivity contribution in [2.24, 2.45) is 5.92 Å². The molecule has 2 heterocycles. The van der Waals surface area contributed by atoms with E-state index in [0.717, 1.165) is 31.8 Å². The van der Waals surface area contributed by atoms with Crippen molar-refractivity contribution in [1.82, 2.24) is 15.2 Å². The predicted molar refractivity (Wildman–Crippen MR) is 109 cm³/mol. The van der Waals surface area contributed by atoms with Crippen molar-refractivity contribution in [3.05, 3.63) is 22.8 Å². The number of likely N-dealkylation sites (tertiary alicyclic amines) is 1. The highest BCUT2D eigenvalue weighted by molar-refractivity contribution is 6.32. The van der Waals surface area contributed by atoms with Gasteiger partial charge in [0.25, 0.3) is 5.91 Å². The number of aromatic nitrogens is 1. The van der Waals surface area contributed by atoms with Crippen LogP contribution in [0.25, 0.3) is 0 Å². The number of amides is 1. The van der Waals surface area contributed by atoms with Crippen molar-refractivity contribution >= 4 is 17.5 Å². The van der Waals surface area contributed by atoms with Gasteiger partial charge in [-0.2, -0.15) is 0 Å². The molecule has 27 heavy (non-hydrogen) atoms. The first kappa shape index (κ1) is 20.4. The number of carbonyl (C=O) groups excluding carboxylic acids is 1. The number of rotatable bonds is 6. The van der Waals surface area contributed by atoms with E-state index in [1.54, 1.807) is 6.07 Å². The fraction of sp³-hybridized carbons (Fsp3) is 0.714. The Labute approximate surface area is 167 Å². The number of nitrogens with zero attached hydrogens (tertiary/aromatic N) is 2. The molecule has 0 aromatic carbocycles. The number of hydrogen-bond acceptors (Lipinski definition) is 4. The topological polar surface area (TPSA) is 54.5 Å². The molecule has 1 aliphatic heterocycles. The first-order valence-electron chi connectivity index (χ1n) is 10.4. The van der Waals surface area contributed by atoms with Gasteiger partial charge < -0.3 is 15.0 Å². The van der Waals surface area contributed by atoms with Gasteiger partial charge in [-0.1, -0.05) is 30.9 Å². The van der Waals surface area contributed by atoms with E-state index in [1.807, 2.05) is 13.8 Å². The highest BCUT2D eigenvalue weighted by Crippen LogP contribution is 2.26. The summed E-state index contributed by atoms with van der Waals surface area (Å²) < 4.78 is 5.52. The highest BCUT2D eigenvalue weighted by Gasteiger charge is 2.24. The van der Waals surface area contributed by atoms with Crippen molar-refractivity contribution in [3.63, 3.8) is 0 Å². The van der Waals surface area contributed by atoms with Crippen molar-refractivity contribution < 1.29 is 9.53 Å². The van der Waals surface area contributed by atoms with Crippen molar-refractivity contribution in [2.75, 3.05) is 19.6 Å². The highest BCUT2D eigenvalue weighted by atomic mass is 35.5. The lowest BCUT2D eigenvalue weighted by molar-refractivity contribution is 0.0901. The molecule has 1 aromatic rings. The summed E-state index contributed by atoms with van der Waals surface area (Å²) in [5, 5.41) is 3.52. The summed E-state index contributed by atoms with van der Waals surface area (Å²) in [6, 6.07) is 1.87. The van der Waals surface area contributed by atoms with Crippen LogP contribution in [0.2, 0.25) is 5.02 Å². The molecule has 0 unspecified atom stereocenters. The van der Waals surface area contributed by atoms with E-state index in [9.17, 15) is 4.79 Å². The van der Waals surface area contributed by atoms with Crippen molar-refractivity contribution in [3.8, 4) is 5.88 Å². The summed E-state index contributed by atoms with van der Waals surface area (Å²) in [6.07, 6.45) is 10.5. The van der Waals surface area contributed by atoms with Gasteiger partial charge in [0.1, 0.15) is 5.02 Å². The SMILES string of the molecule is CC(C)Oc1ncc(C(=O)NC2CCN(CC3CCCCC3)CC2)cc1Cl. The van der Waals surface area contributed by atoms with Gasteiger partial charge in [0, 0.05) is 31.9 Å². The molecule has 3 rings (SSSR count). The average molecular weight is 394 g/mol. The number of ether oxygens (including phenoxy) is 1. The maximum absolute atomic E-state index is 12.5. The lowest BCUT2D eigenvalue weighted by atomic mass is 9.88. The molecular formula is C21H32ClN3O2. The average Bonchev–Trinajstić information content (AvgIpc) is 2.65. The minimum atomic E-state index is -0.105. The molecule has 1 aliphatic carbocycles. The van der Waals surface area contributed by atoms with E-state index in [-0.39, 0.29) is 18.1 Å². The second-order valence-corrected chi connectivity index (χ2v) is 8.64. The Kier molecular flexibility index (Phi) is 7.36. The van der Waals surface area contributed by atoms with E-state index >= 15 is 0 Å². The third-order valence-corrected chi connectivity index (χ3v) is 5.85. The molecule has 0 bridgehead atoms. The molecule has 1 saturated carbocycles. The lowest BCUT2D eigenvalue weighted by Crippen LogP contribution is -2.46. The second-order valence-electron chi connectivity index (χ2n) is 8.23. The quantitative estimate of drug-likeness (QED) is 0.782. The zero-order valence-corrected chi connectivity index (χ0v) is 17.3. The van der Waals surface area contributed by atoms with Crippen molar-refractivity contribution in [2.45, 2.75) is 70.9 Å². The van der Waals surface area contributed by atoms with Gasteiger partial charge in [-0.3, -0.25) is 4.79 Å². The zero-order chi connectivity index (χ0) is 19.2. The van der Waals surface area contributed by atoms with Gasteiger partial charge in [-0.25, -0.2) is 4.98 Å². The van der Waals surface area contributed by atoms with Gasteiger partial charge in [0.2, 0.25) is 5.88 Å². The molecule has 1 saturated heterocycles. The summed E-state index contributed by atoms with van der Waals surface area (Å²) in [4.78, 5) is 19.3. The third kappa shape index (κ3) is 6.08. The number of hydrogen-bond donors (Lipinski definition) is 1. The van der Waals surface area contributed by atoms with Crippen LogP contribution in [0.15, 0.2) is 12.3 Å². The van der Waals surface area contributed by atoms with Crippen molar-refractivity contribution in [1.29, 1.82) is 0 Å². The summed E-state index contributed by atoms with van der Waals surface area (Å²) >= 11 is 6.20. The lowest BCUT2D eigenvalue weighted by Gasteiger charge is -2.35. The molecule has 150 valence electrons. The minimum Gasteiger partial charge on any atom is -0.474 e. The van der Waals surface area contributed by atoms with E-state index in [1.165, 1.54) is 44.8 Å². The first-order chi connectivity index (χ1) is 13.0. The molecule has 2 fully saturated rings. The molecule has 0 spiro atoms. The molecule has 0 radical (unpaired) electrons. The fourth-order valence-electron chi connectivity index (χ4n) is 4.12. The van der Waals surface area contributed by atoms with Gasteiger partial charge in [0.15, 0.2) is 0 Å². The number of halogens is 1. The predicted octanol–water partition coefficient (Wildman–Crippen LogP) is 4.30. The maximum Gasteiger partial charge on any atom is 0.253 e. The second kappa shape index (κ2) is 9.74. The smallest absolute Gasteiger partial charge is 0.253 e. The molecule has 0 atom stereocenters. The molecule has 1 N–H and O–H groups in total. The largest absolute Gasteiger partial charge is 0.474 e. The number of carbonyl (C=O) groups is 1. The number of nitrogens with one attached hydrogen (secondary N) is 1. The summed E-state index contributed by atoms with van der Waals surface area (Å²) in [7, 11) is 0. The molecule has 2 aliphatic rings. The van der Waals surface area contributed by atoms with Crippen LogP contribution in [0.1, 0.15) is 69.2 Å². The van der Waals surface area contributed by atoms with E-state index in [2.05, 4.69) is 15.2 Å². The Morgan fingerprint density at radius 2 is 1.96 bits per heavy atom. The normalized spacial score (nSPS) is 20.0. The molecule has 6 heteroatoms. The van der Waals surface area contributed by atoms with Crippen LogP contribution in [-0.2, 0) is 0 Å². The van der Waals surface area contributed by atoms with Gasteiger partial charge >= 0.3 is 0 Å². The van der Waals surface area contributed by atoms with Gasteiger partial charge in [-0.05, 0) is 51.5 Å². The summed E-state index contributed by atoms with van der Waals surface area (Å²) in [5.74, 6) is 1.15. The maximum atomic E-state index is 12.5. The Bertz CT molecular complexity index is 624. The molecule has 1 amide bonds. The van der Waals surface area contributed by atoms with Crippen LogP contribution in [0.4, 0.5) is 0 Å². The van der Waals surface area contributed by atoms with E-state index < -0.39 is 0 Å². The molecular weight excluding hydrogens is 362 g/mol. The Hall–Kier alpha value is -1.33. The van der Waals surface area contributed by atoms with Crippen LogP contribution >= 0.6 is 11.6 Å². The standard InChI is InChI=1S/C21H32ClN3O2/c1-15(2)27-21-19(22)12-17(13-23-21)20(26)24-18-8-10-25(11-9-18)14-16-6-4-3-5-7-16/h12-13,15-16,18H,3-11,14H2,1-2H3,(H,24,26). The van der Waals surface area contributed by atoms with Crippen LogP contribution in [-0.4, -0.2) is 47.6 Å². The molecule has 5 nitrogen and oxygen atoms in total. The van der Waals surface area contributed by atoms with Crippen LogP contribution in [0.5, 0.6) is 5.88 Å². The van der Waals surface area contributed by atoms with Crippen LogP contribution < -0.4 is 10.1 Å². The summed E-state index contributed by atoms with van der Waals surface area (Å²) in [6.45, 7) is 7.21. The number of piperidine rings is 1. The third-order valence-electron chi connectivity index (χ3n) is 5.58. The van der Waals surface area contributed by atoms with Crippen LogP contribution in [0.3, 0.4) is 0 Å². The zero-order valence-electron chi connectivity index (χ0n) is 16.5. The Morgan fingerprint density at radius 1 is 1.26 bits per heavy atom. The van der Waals surface area contributed by atoms with E-state index in [0.29, 0.717) is 16.5 Å². The first-order valence-corrected chi connectivity index (χ1v) is 10.7. The Balaban J connectivity index is 1.45. The molecule has 1 aromatic heterocycles. The minimum absolute atomic E-state index is 0.00605. The fourth-order valence-corrected chi connectivity index (χ4v) is 4.33. The Morgan fingerprint density at radius 3 is 2.59 bits per heavy atom. The summed E-state index contributed by atoms with van der Waals surface area (Å²) in [5.41, 5.74) is 0.487.